The summed E-state index contributed by atoms with van der Waals surface area (Å²) >= 11 is 1.64. The van der Waals surface area contributed by atoms with Crippen molar-refractivity contribution in [2.75, 3.05) is 13.1 Å². The topological polar surface area (TPSA) is 33.2 Å². The first-order chi connectivity index (χ1) is 11.2. The number of carbonyl (C=O) groups is 1. The molecule has 0 unspecified atom stereocenters. The van der Waals surface area contributed by atoms with E-state index in [0.717, 1.165) is 40.3 Å². The summed E-state index contributed by atoms with van der Waals surface area (Å²) in [6, 6.07) is 16.3. The van der Waals surface area contributed by atoms with Gasteiger partial charge in [-0.15, -0.1) is 11.3 Å². The Balaban J connectivity index is 1.54. The number of nitrogens with zero attached hydrogens (tertiary/aromatic N) is 2. The molecule has 1 aliphatic heterocycles. The zero-order valence-electron chi connectivity index (χ0n) is 13.0. The maximum atomic E-state index is 12.8. The summed E-state index contributed by atoms with van der Waals surface area (Å²) in [6.07, 6.45) is 1.04. The third-order valence-corrected chi connectivity index (χ3v) is 5.42. The van der Waals surface area contributed by atoms with Crippen LogP contribution in [0.3, 0.4) is 0 Å². The number of likely N-dealkylation sites (tertiary alicyclic amines) is 1. The Morgan fingerprint density at radius 2 is 2.04 bits per heavy atom. The molecule has 4 heteroatoms. The number of amides is 1. The zero-order valence-corrected chi connectivity index (χ0v) is 13.8. The second-order valence-corrected chi connectivity index (χ2v) is 7.30. The highest BCUT2D eigenvalue weighted by Crippen LogP contribution is 2.29. The second-order valence-electron chi connectivity index (χ2n) is 6.06. The summed E-state index contributed by atoms with van der Waals surface area (Å²) in [5.74, 6) is 0.589. The number of hydrogen-bond acceptors (Lipinski definition) is 3. The molecule has 0 N–H and O–H groups in total. The van der Waals surface area contributed by atoms with Crippen molar-refractivity contribution in [1.82, 2.24) is 9.88 Å². The molecular formula is C19H18N2OS. The number of benzene rings is 2. The maximum Gasteiger partial charge on any atom is 0.253 e. The van der Waals surface area contributed by atoms with Gasteiger partial charge in [-0.25, -0.2) is 4.98 Å². The average molecular weight is 322 g/mol. The van der Waals surface area contributed by atoms with Crippen LogP contribution in [0.25, 0.3) is 10.2 Å². The van der Waals surface area contributed by atoms with E-state index in [4.69, 9.17) is 0 Å². The van der Waals surface area contributed by atoms with Crippen LogP contribution in [0.15, 0.2) is 48.5 Å². The van der Waals surface area contributed by atoms with E-state index in [9.17, 15) is 4.79 Å². The van der Waals surface area contributed by atoms with Crippen LogP contribution < -0.4 is 0 Å². The lowest BCUT2D eigenvalue weighted by Gasteiger charge is -2.17. The molecule has 0 spiro atoms. The molecule has 3 nitrogen and oxygen atoms in total. The standard InChI is InChI=1S/C19H18N2OS/c1-13-20-17-8-7-15(11-18(17)23-13)19(22)21-10-9-16(12-21)14-5-3-2-4-6-14/h2-8,11,16H,9-10,12H2,1H3/t16-/m0/s1. The Bertz CT molecular complexity index is 856. The molecule has 1 fully saturated rings. The van der Waals surface area contributed by atoms with E-state index < -0.39 is 0 Å². The lowest BCUT2D eigenvalue weighted by Crippen LogP contribution is -2.28. The average Bonchev–Trinajstić information content (AvgIpc) is 3.20. The predicted octanol–water partition coefficient (Wildman–Crippen LogP) is 4.23. The van der Waals surface area contributed by atoms with Crippen LogP contribution in [-0.4, -0.2) is 28.9 Å². The fraction of sp³-hybridized carbons (Fsp3) is 0.263. The minimum absolute atomic E-state index is 0.136. The van der Waals surface area contributed by atoms with E-state index in [1.807, 2.05) is 36.1 Å². The number of fused-ring (bicyclic) bond motifs is 1. The highest BCUT2D eigenvalue weighted by molar-refractivity contribution is 7.18. The van der Waals surface area contributed by atoms with Gasteiger partial charge in [-0.2, -0.15) is 0 Å². The summed E-state index contributed by atoms with van der Waals surface area (Å²) in [5.41, 5.74) is 3.08. The van der Waals surface area contributed by atoms with Crippen molar-refractivity contribution in [2.24, 2.45) is 0 Å². The third kappa shape index (κ3) is 2.75. The molecule has 0 saturated carbocycles. The Morgan fingerprint density at radius 1 is 1.22 bits per heavy atom. The van der Waals surface area contributed by atoms with Crippen LogP contribution >= 0.6 is 11.3 Å². The van der Waals surface area contributed by atoms with Crippen LogP contribution in [-0.2, 0) is 0 Å². The maximum absolute atomic E-state index is 12.8. The highest BCUT2D eigenvalue weighted by Gasteiger charge is 2.28. The molecule has 1 aliphatic rings. The SMILES string of the molecule is Cc1nc2ccc(C(=O)N3CC[C@H](c4ccccc4)C3)cc2s1. The fourth-order valence-corrected chi connectivity index (χ4v) is 4.16. The highest BCUT2D eigenvalue weighted by atomic mass is 32.1. The molecule has 23 heavy (non-hydrogen) atoms. The molecule has 1 aromatic heterocycles. The lowest BCUT2D eigenvalue weighted by atomic mass is 9.99. The van der Waals surface area contributed by atoms with E-state index in [2.05, 4.69) is 29.2 Å². The van der Waals surface area contributed by atoms with Gasteiger partial charge >= 0.3 is 0 Å². The molecule has 1 atom stereocenters. The van der Waals surface area contributed by atoms with Gasteiger partial charge in [-0.1, -0.05) is 30.3 Å². The summed E-state index contributed by atoms with van der Waals surface area (Å²) in [5, 5.41) is 1.04. The van der Waals surface area contributed by atoms with Gasteiger partial charge in [-0.05, 0) is 37.1 Å². The van der Waals surface area contributed by atoms with Crippen molar-refractivity contribution in [3.05, 3.63) is 64.7 Å². The number of aryl methyl sites for hydroxylation is 1. The number of thiazole rings is 1. The Labute approximate surface area is 139 Å². The summed E-state index contributed by atoms with van der Waals surface area (Å²) in [4.78, 5) is 19.2. The minimum atomic E-state index is 0.136. The van der Waals surface area contributed by atoms with Crippen molar-refractivity contribution in [3.63, 3.8) is 0 Å². The van der Waals surface area contributed by atoms with Gasteiger partial charge in [0.05, 0.1) is 15.2 Å². The summed E-state index contributed by atoms with van der Waals surface area (Å²) < 4.78 is 1.09. The van der Waals surface area contributed by atoms with E-state index in [1.54, 1.807) is 11.3 Å². The van der Waals surface area contributed by atoms with Gasteiger partial charge in [0.25, 0.3) is 5.91 Å². The molecule has 2 heterocycles. The summed E-state index contributed by atoms with van der Waals surface area (Å²) in [7, 11) is 0. The molecule has 116 valence electrons. The molecule has 0 bridgehead atoms. The van der Waals surface area contributed by atoms with Crippen molar-refractivity contribution in [1.29, 1.82) is 0 Å². The number of aromatic nitrogens is 1. The van der Waals surface area contributed by atoms with Crippen LogP contribution in [0, 0.1) is 6.92 Å². The molecule has 0 radical (unpaired) electrons. The second kappa shape index (κ2) is 5.78. The van der Waals surface area contributed by atoms with Gasteiger partial charge in [0.1, 0.15) is 0 Å². The van der Waals surface area contributed by atoms with E-state index in [-0.39, 0.29) is 5.91 Å². The molecule has 2 aromatic carbocycles. The first kappa shape index (κ1) is 14.4. The zero-order chi connectivity index (χ0) is 15.8. The number of rotatable bonds is 2. The predicted molar refractivity (Wildman–Crippen MR) is 94.1 cm³/mol. The molecule has 4 rings (SSSR count). The minimum Gasteiger partial charge on any atom is -0.338 e. The number of hydrogen-bond donors (Lipinski definition) is 0. The molecule has 3 aromatic rings. The van der Waals surface area contributed by atoms with Gasteiger partial charge < -0.3 is 4.90 Å². The van der Waals surface area contributed by atoms with Crippen LogP contribution in [0.2, 0.25) is 0 Å². The van der Waals surface area contributed by atoms with Gasteiger partial charge in [0.15, 0.2) is 0 Å². The largest absolute Gasteiger partial charge is 0.338 e. The Kier molecular flexibility index (Phi) is 3.62. The van der Waals surface area contributed by atoms with Gasteiger partial charge in [0, 0.05) is 24.6 Å². The molecule has 0 aliphatic carbocycles. The molecule has 1 saturated heterocycles. The van der Waals surface area contributed by atoms with Gasteiger partial charge in [-0.3, -0.25) is 4.79 Å². The summed E-state index contributed by atoms with van der Waals surface area (Å²) in [6.45, 7) is 3.64. The van der Waals surface area contributed by atoms with Crippen molar-refractivity contribution < 1.29 is 4.79 Å². The van der Waals surface area contributed by atoms with E-state index >= 15 is 0 Å². The first-order valence-corrected chi connectivity index (χ1v) is 8.74. The third-order valence-electron chi connectivity index (χ3n) is 4.49. The van der Waals surface area contributed by atoms with E-state index in [1.165, 1.54) is 5.56 Å². The van der Waals surface area contributed by atoms with Gasteiger partial charge in [0.2, 0.25) is 0 Å². The lowest BCUT2D eigenvalue weighted by molar-refractivity contribution is 0.0791. The van der Waals surface area contributed by atoms with Crippen LogP contribution in [0.4, 0.5) is 0 Å². The Morgan fingerprint density at radius 3 is 2.87 bits per heavy atom. The molecule has 1 amide bonds. The van der Waals surface area contributed by atoms with Crippen molar-refractivity contribution in [2.45, 2.75) is 19.3 Å². The monoisotopic (exact) mass is 322 g/mol. The quantitative estimate of drug-likeness (QED) is 0.707. The van der Waals surface area contributed by atoms with E-state index in [0.29, 0.717) is 5.92 Å². The first-order valence-electron chi connectivity index (χ1n) is 7.92. The molecular weight excluding hydrogens is 304 g/mol. The smallest absolute Gasteiger partial charge is 0.253 e. The van der Waals surface area contributed by atoms with Crippen molar-refractivity contribution >= 4 is 27.5 Å². The normalized spacial score (nSPS) is 17.8. The van der Waals surface area contributed by atoms with Crippen LogP contribution in [0.5, 0.6) is 0 Å². The van der Waals surface area contributed by atoms with Crippen LogP contribution in [0.1, 0.15) is 33.3 Å². The number of carbonyl (C=O) groups excluding carboxylic acids is 1. The fourth-order valence-electron chi connectivity index (χ4n) is 3.30. The van der Waals surface area contributed by atoms with Crippen molar-refractivity contribution in [3.8, 4) is 0 Å². The Hall–Kier alpha value is -2.20.